The molecule has 1 saturated carbocycles. The number of amides is 1. The Morgan fingerprint density at radius 3 is 2.27 bits per heavy atom. The van der Waals surface area contributed by atoms with Crippen LogP contribution in [0.25, 0.3) is 0 Å². The average molecular weight is 378 g/mol. The first-order chi connectivity index (χ1) is 11.9. The van der Waals surface area contributed by atoms with Crippen LogP contribution < -0.4 is 5.32 Å². The molecule has 146 valence electrons. The Hall–Kier alpha value is -1.86. The van der Waals surface area contributed by atoms with Gasteiger partial charge in [0.15, 0.2) is 0 Å². The smallest absolute Gasteiger partial charge is 0.369 e. The molecule has 1 N–H and O–H groups in total. The quantitative estimate of drug-likeness (QED) is 0.531. The molecule has 0 aromatic carbocycles. The summed E-state index contributed by atoms with van der Waals surface area (Å²) in [5.41, 5.74) is -0.621. The van der Waals surface area contributed by atoms with Gasteiger partial charge in [-0.3, -0.25) is 4.79 Å². The lowest BCUT2D eigenvalue weighted by molar-refractivity contribution is -0.142. The normalized spacial score (nSPS) is 25.9. The van der Waals surface area contributed by atoms with Gasteiger partial charge in [-0.25, -0.2) is 8.78 Å². The fourth-order valence-corrected chi connectivity index (χ4v) is 3.65. The Labute approximate surface area is 149 Å². The lowest BCUT2D eigenvalue weighted by Gasteiger charge is -2.28. The summed E-state index contributed by atoms with van der Waals surface area (Å²) in [4.78, 5) is 14.2. The van der Waals surface area contributed by atoms with Crippen LogP contribution in [0.5, 0.6) is 0 Å². The number of likely N-dealkylation sites (tertiary alicyclic amines) is 1. The summed E-state index contributed by atoms with van der Waals surface area (Å²) in [7, 11) is 0. The fourth-order valence-electron chi connectivity index (χ4n) is 3.65. The van der Waals surface area contributed by atoms with Crippen LogP contribution in [0.1, 0.15) is 26.7 Å². The number of halogens is 5. The van der Waals surface area contributed by atoms with Gasteiger partial charge in [-0.15, -0.1) is 0 Å². The minimum atomic E-state index is -4.48. The summed E-state index contributed by atoms with van der Waals surface area (Å²) in [5.74, 6) is -2.30. The van der Waals surface area contributed by atoms with Crippen LogP contribution in [-0.4, -0.2) is 36.1 Å². The van der Waals surface area contributed by atoms with Crippen LogP contribution in [0.3, 0.4) is 0 Å². The van der Waals surface area contributed by atoms with Gasteiger partial charge in [0.2, 0.25) is 5.91 Å². The molecule has 2 rings (SSSR count). The summed E-state index contributed by atoms with van der Waals surface area (Å²) >= 11 is 0. The zero-order chi connectivity index (χ0) is 19.9. The standard InChI is InChI=1S/C18H23F5N2O/c1-5-13(20)15(10(2)19)24-14(6-7-18(21,22)23)16(26)25-8-11-12(9-25)17(11,3)4/h5,11-12,14,24H,1-2,6-9H2,3-4H3/b15-13-/t11-,12+,14-/m1/s1. The highest BCUT2D eigenvalue weighted by Gasteiger charge is 2.62. The van der Waals surface area contributed by atoms with Gasteiger partial charge in [0.05, 0.1) is 0 Å². The summed E-state index contributed by atoms with van der Waals surface area (Å²) in [6.07, 6.45) is -5.65. The first-order valence-corrected chi connectivity index (χ1v) is 8.37. The third kappa shape index (κ3) is 4.27. The van der Waals surface area contributed by atoms with E-state index in [4.69, 9.17) is 0 Å². The number of nitrogens with zero attached hydrogens (tertiary/aromatic N) is 1. The Morgan fingerprint density at radius 2 is 1.85 bits per heavy atom. The molecule has 26 heavy (non-hydrogen) atoms. The van der Waals surface area contributed by atoms with Crippen molar-refractivity contribution in [3.05, 3.63) is 36.6 Å². The highest BCUT2D eigenvalue weighted by Crippen LogP contribution is 2.62. The average Bonchev–Trinajstić information content (AvgIpc) is 2.91. The van der Waals surface area contributed by atoms with E-state index in [9.17, 15) is 26.7 Å². The molecule has 1 aliphatic heterocycles. The first-order valence-electron chi connectivity index (χ1n) is 8.37. The molecule has 1 saturated heterocycles. The van der Waals surface area contributed by atoms with Crippen molar-refractivity contribution in [2.75, 3.05) is 13.1 Å². The zero-order valence-electron chi connectivity index (χ0n) is 14.8. The summed E-state index contributed by atoms with van der Waals surface area (Å²) in [6, 6.07) is -1.40. The van der Waals surface area contributed by atoms with Crippen LogP contribution >= 0.6 is 0 Å². The van der Waals surface area contributed by atoms with Gasteiger partial charge in [-0.2, -0.15) is 13.2 Å². The molecular formula is C18H23F5N2O. The zero-order valence-corrected chi connectivity index (χ0v) is 14.8. The second-order valence-corrected chi connectivity index (χ2v) is 7.46. The molecule has 3 atom stereocenters. The number of rotatable bonds is 7. The van der Waals surface area contributed by atoms with Crippen molar-refractivity contribution in [1.82, 2.24) is 10.2 Å². The first kappa shape index (κ1) is 20.5. The van der Waals surface area contributed by atoms with Gasteiger partial charge in [0, 0.05) is 19.5 Å². The lowest BCUT2D eigenvalue weighted by Crippen LogP contribution is -2.47. The highest BCUT2D eigenvalue weighted by molar-refractivity contribution is 5.83. The van der Waals surface area contributed by atoms with E-state index in [-0.39, 0.29) is 5.41 Å². The van der Waals surface area contributed by atoms with E-state index in [1.807, 2.05) is 0 Å². The number of carbonyl (C=O) groups is 1. The summed E-state index contributed by atoms with van der Waals surface area (Å²) in [5, 5.41) is 2.27. The fraction of sp³-hybridized carbons (Fsp3) is 0.611. The third-order valence-electron chi connectivity index (χ3n) is 5.46. The van der Waals surface area contributed by atoms with Crippen LogP contribution in [0, 0.1) is 17.3 Å². The van der Waals surface area contributed by atoms with Gasteiger partial charge < -0.3 is 10.2 Å². The monoisotopic (exact) mass is 378 g/mol. The molecule has 0 unspecified atom stereocenters. The Kier molecular flexibility index (Phi) is 5.54. The largest absolute Gasteiger partial charge is 0.389 e. The number of hydrogen-bond donors (Lipinski definition) is 1. The van der Waals surface area contributed by atoms with E-state index in [1.54, 1.807) is 0 Å². The SMILES string of the molecule is C=C/C(F)=C(/N[C@H](CCC(F)(F)F)C(=O)N1C[C@@H]2[C@H](C1)C2(C)C)C(=C)F. The van der Waals surface area contributed by atoms with Gasteiger partial charge in [-0.05, 0) is 29.7 Å². The molecule has 0 aromatic rings. The third-order valence-corrected chi connectivity index (χ3v) is 5.46. The minimum Gasteiger partial charge on any atom is -0.369 e. The number of nitrogens with one attached hydrogen (secondary N) is 1. The Balaban J connectivity index is 2.14. The van der Waals surface area contributed by atoms with Gasteiger partial charge in [0.1, 0.15) is 23.4 Å². The van der Waals surface area contributed by atoms with Gasteiger partial charge in [0.25, 0.3) is 0 Å². The second kappa shape index (κ2) is 7.04. The van der Waals surface area contributed by atoms with E-state index < -0.39 is 48.3 Å². The number of alkyl halides is 3. The van der Waals surface area contributed by atoms with Crippen molar-refractivity contribution in [2.24, 2.45) is 17.3 Å². The van der Waals surface area contributed by atoms with Crippen molar-refractivity contribution in [3.8, 4) is 0 Å². The molecule has 1 aliphatic carbocycles. The Bertz CT molecular complexity index is 624. The van der Waals surface area contributed by atoms with Crippen molar-refractivity contribution in [3.63, 3.8) is 0 Å². The lowest BCUT2D eigenvalue weighted by atomic mass is 10.0. The van der Waals surface area contributed by atoms with Crippen LogP contribution in [0.2, 0.25) is 0 Å². The summed E-state index contributed by atoms with van der Waals surface area (Å²) < 4.78 is 65.0. The molecule has 0 radical (unpaired) electrons. The minimum absolute atomic E-state index is 0.124. The number of piperidine rings is 1. The molecule has 2 fully saturated rings. The summed E-state index contributed by atoms with van der Waals surface area (Å²) in [6.45, 7) is 11.2. The van der Waals surface area contributed by atoms with Crippen molar-refractivity contribution >= 4 is 5.91 Å². The number of fused-ring (bicyclic) bond motifs is 1. The molecule has 0 spiro atoms. The highest BCUT2D eigenvalue weighted by atomic mass is 19.4. The maximum absolute atomic E-state index is 13.7. The Morgan fingerprint density at radius 1 is 1.31 bits per heavy atom. The number of allylic oxidation sites excluding steroid dienone is 3. The van der Waals surface area contributed by atoms with E-state index in [1.165, 1.54) is 4.90 Å². The van der Waals surface area contributed by atoms with Crippen molar-refractivity contribution in [1.29, 1.82) is 0 Å². The molecule has 2 aliphatic rings. The maximum Gasteiger partial charge on any atom is 0.389 e. The van der Waals surface area contributed by atoms with Gasteiger partial charge >= 0.3 is 6.18 Å². The van der Waals surface area contributed by atoms with E-state index in [0.29, 0.717) is 31.0 Å². The number of carbonyl (C=O) groups excluding carboxylic acids is 1. The predicted octanol–water partition coefficient (Wildman–Crippen LogP) is 4.25. The molecular weight excluding hydrogens is 355 g/mol. The maximum atomic E-state index is 13.7. The molecule has 1 amide bonds. The van der Waals surface area contributed by atoms with Gasteiger partial charge in [-0.1, -0.05) is 27.0 Å². The molecule has 0 bridgehead atoms. The second-order valence-electron chi connectivity index (χ2n) is 7.46. The molecule has 0 aromatic heterocycles. The van der Waals surface area contributed by atoms with Crippen LogP contribution in [-0.2, 0) is 4.79 Å². The van der Waals surface area contributed by atoms with Crippen LogP contribution in [0.4, 0.5) is 22.0 Å². The predicted molar refractivity (Wildman–Crippen MR) is 88.1 cm³/mol. The van der Waals surface area contributed by atoms with Crippen molar-refractivity contribution < 1.29 is 26.7 Å². The van der Waals surface area contributed by atoms with E-state index in [2.05, 4.69) is 32.3 Å². The van der Waals surface area contributed by atoms with Crippen LogP contribution in [0.15, 0.2) is 36.6 Å². The van der Waals surface area contributed by atoms with E-state index in [0.717, 1.165) is 0 Å². The van der Waals surface area contributed by atoms with E-state index >= 15 is 0 Å². The topological polar surface area (TPSA) is 32.3 Å². The molecule has 1 heterocycles. The number of hydrogen-bond acceptors (Lipinski definition) is 2. The molecule has 3 nitrogen and oxygen atoms in total. The van der Waals surface area contributed by atoms with Crippen molar-refractivity contribution in [2.45, 2.75) is 38.9 Å². The molecule has 8 heteroatoms.